The van der Waals surface area contributed by atoms with Gasteiger partial charge in [-0.3, -0.25) is 28.1 Å². The van der Waals surface area contributed by atoms with Crippen LogP contribution in [0.15, 0.2) is 326 Å². The Morgan fingerprint density at radius 2 is 0.608 bits per heavy atom. The van der Waals surface area contributed by atoms with Gasteiger partial charge < -0.3 is 28.6 Å². The van der Waals surface area contributed by atoms with Crippen LogP contribution in [0.1, 0.15) is 0 Å². The summed E-state index contributed by atoms with van der Waals surface area (Å²) in [7, 11) is 0. The van der Waals surface area contributed by atoms with Crippen LogP contribution >= 0.6 is 35.3 Å². The van der Waals surface area contributed by atoms with E-state index in [1.165, 1.54) is 165 Å². The molecule has 0 saturated carbocycles. The zero-order valence-electron chi connectivity index (χ0n) is 52.1. The fraction of sp³-hybridized carbons (Fsp3) is 0. The number of aromatic nitrogens is 3. The minimum Gasteiger partial charge on any atom is -0.505 e. The van der Waals surface area contributed by atoms with E-state index in [1.54, 1.807) is 84.9 Å². The summed E-state index contributed by atoms with van der Waals surface area (Å²) >= 11 is 2.31. The van der Waals surface area contributed by atoms with Crippen molar-refractivity contribution in [3.05, 3.63) is 352 Å². The Labute approximate surface area is 583 Å². The van der Waals surface area contributed by atoms with Crippen molar-refractivity contribution in [2.45, 2.75) is 29.4 Å². The molecule has 0 aliphatic rings. The van der Waals surface area contributed by atoms with Gasteiger partial charge in [-0.25, -0.2) is 40.7 Å². The van der Waals surface area contributed by atoms with Gasteiger partial charge in [0.1, 0.15) is 82.5 Å². The number of hydrogen-bond donors (Lipinski definition) is 3. The summed E-state index contributed by atoms with van der Waals surface area (Å²) in [6.07, 6.45) is 0. The first-order chi connectivity index (χ1) is 49.3. The first-order valence-corrected chi connectivity index (χ1v) is 32.8. The average molecular weight is 1430 g/mol. The molecule has 102 heavy (non-hydrogen) atoms. The van der Waals surface area contributed by atoms with Gasteiger partial charge in [0, 0.05) is 49.9 Å². The van der Waals surface area contributed by atoms with Gasteiger partial charge in [-0.15, -0.1) is 0 Å². The first-order valence-electron chi connectivity index (χ1n) is 30.4. The molecule has 0 aliphatic carbocycles. The Hall–Kier alpha value is -12.5. The Bertz CT molecular complexity index is 6110. The fourth-order valence-corrected chi connectivity index (χ4v) is 13.5. The quantitative estimate of drug-likeness (QED) is 0.0969. The second-order valence-corrected chi connectivity index (χ2v) is 25.3. The van der Waals surface area contributed by atoms with Crippen LogP contribution in [0.2, 0.25) is 0 Å². The third-order valence-corrected chi connectivity index (χ3v) is 18.8. The highest BCUT2D eigenvalue weighted by Crippen LogP contribution is 2.41. The van der Waals surface area contributed by atoms with Crippen molar-refractivity contribution < 1.29 is 54.9 Å². The number of nitrogens with zero attached hydrogens (tertiary/aromatic N) is 3. The zero-order valence-corrected chi connectivity index (χ0v) is 54.5. The van der Waals surface area contributed by atoms with Crippen LogP contribution in [0.3, 0.4) is 0 Å². The molecule has 15 nitrogen and oxygen atoms in total. The van der Waals surface area contributed by atoms with Crippen molar-refractivity contribution in [3.63, 3.8) is 0 Å². The van der Waals surface area contributed by atoms with Crippen molar-refractivity contribution >= 4 is 68.2 Å². The normalized spacial score (nSPS) is 11.1. The molecule has 15 rings (SSSR count). The van der Waals surface area contributed by atoms with E-state index in [-0.39, 0.29) is 52.5 Å². The molecule has 0 aliphatic heterocycles. The lowest BCUT2D eigenvalue weighted by Crippen LogP contribution is -2.21. The molecule has 0 atom stereocenters. The van der Waals surface area contributed by atoms with E-state index in [1.807, 2.05) is 18.2 Å². The molecule has 15 aromatic rings. The fourth-order valence-electron chi connectivity index (χ4n) is 10.9. The largest absolute Gasteiger partial charge is 0.505 e. The topological polar surface area (TPSA) is 217 Å². The van der Waals surface area contributed by atoms with E-state index in [4.69, 9.17) is 13.3 Å². The summed E-state index contributed by atoms with van der Waals surface area (Å²) in [6.45, 7) is 0. The second-order valence-electron chi connectivity index (χ2n) is 22.1. The summed E-state index contributed by atoms with van der Waals surface area (Å²) in [4.78, 5) is 79.3. The molecule has 3 N–H and O–H groups in total. The Kier molecular flexibility index (Phi) is 19.4. The smallest absolute Gasteiger partial charge is 0.354 e. The predicted octanol–water partition coefficient (Wildman–Crippen LogP) is 17.2. The standard InChI is InChI=1S/3C26H15F2NO4S/c27-16-10-12-17(13-11-16)29-19(15-6-2-1-3-7-15)14-20-22(25(29)31)23(30)24(26(32)33-20)34-21-9-5-4-8-18(21)28;27-16-9-11-18(12-10-16)29-20(15-5-2-1-3-6-15)14-21-22(25(29)31)23(30)24(26(32)33-21)34-19-8-4-7-17(28)13-19;27-16-6-10-18(11-7-16)29-20(15-4-2-1-3-5-15)14-21-22(25(29)31)23(30)24(26(32)33-21)34-19-12-8-17(28)9-13-19/h3*1-14,30H. The van der Waals surface area contributed by atoms with Crippen molar-refractivity contribution in [1.82, 2.24) is 13.7 Å². The monoisotopic (exact) mass is 1430 g/mol. The molecule has 0 saturated heterocycles. The van der Waals surface area contributed by atoms with Gasteiger partial charge in [-0.05, 0) is 144 Å². The van der Waals surface area contributed by atoms with E-state index < -0.39 is 85.7 Å². The van der Waals surface area contributed by atoms with E-state index in [0.717, 1.165) is 23.5 Å². The number of fused-ring (bicyclic) bond motifs is 3. The molecular weight excluding hydrogens is 1380 g/mol. The predicted molar refractivity (Wildman–Crippen MR) is 377 cm³/mol. The van der Waals surface area contributed by atoms with Crippen LogP contribution in [0.4, 0.5) is 26.3 Å². The van der Waals surface area contributed by atoms with E-state index in [9.17, 15) is 70.4 Å². The lowest BCUT2D eigenvalue weighted by molar-refractivity contribution is 0.445. The minimum atomic E-state index is -0.906. The molecule has 6 aromatic heterocycles. The van der Waals surface area contributed by atoms with Crippen LogP contribution < -0.4 is 33.6 Å². The maximum absolute atomic E-state index is 14.2. The number of rotatable bonds is 12. The highest BCUT2D eigenvalue weighted by molar-refractivity contribution is 8.00. The van der Waals surface area contributed by atoms with Gasteiger partial charge >= 0.3 is 16.9 Å². The zero-order chi connectivity index (χ0) is 71.5. The van der Waals surface area contributed by atoms with E-state index in [0.29, 0.717) is 72.4 Å². The molecule has 504 valence electrons. The minimum absolute atomic E-state index is 0.0872. The molecule has 9 aromatic carbocycles. The first kappa shape index (κ1) is 68.0. The van der Waals surface area contributed by atoms with Crippen LogP contribution in [-0.2, 0) is 0 Å². The SMILES string of the molecule is O=c1oc2cc(-c3ccccc3)n(-c3ccc(F)cc3)c(=O)c2c(O)c1Sc1ccc(F)cc1.O=c1oc2cc(-c3ccccc3)n(-c3ccc(F)cc3)c(=O)c2c(O)c1Sc1cccc(F)c1.O=c1oc2cc(-c3ccccc3)n(-c3ccc(F)cc3)c(=O)c2c(O)c1Sc1ccccc1F. The van der Waals surface area contributed by atoms with Gasteiger partial charge in [0.15, 0.2) is 17.2 Å². The van der Waals surface area contributed by atoms with Gasteiger partial charge in [0.25, 0.3) is 16.7 Å². The van der Waals surface area contributed by atoms with Crippen molar-refractivity contribution in [2.75, 3.05) is 0 Å². The van der Waals surface area contributed by atoms with E-state index >= 15 is 0 Å². The van der Waals surface area contributed by atoms with Crippen molar-refractivity contribution in [1.29, 1.82) is 0 Å². The second kappa shape index (κ2) is 29.1. The van der Waals surface area contributed by atoms with Crippen molar-refractivity contribution in [2.24, 2.45) is 0 Å². The number of halogens is 6. The molecule has 0 amide bonds. The molecule has 0 unspecified atom stereocenters. The van der Waals surface area contributed by atoms with Crippen LogP contribution in [0, 0.1) is 34.9 Å². The summed E-state index contributed by atoms with van der Waals surface area (Å²) in [6, 6.07) is 63.7. The van der Waals surface area contributed by atoms with Gasteiger partial charge in [-0.1, -0.05) is 144 Å². The van der Waals surface area contributed by atoms with Crippen LogP contribution in [-0.4, -0.2) is 29.0 Å². The molecule has 6 heterocycles. The molecule has 0 spiro atoms. The van der Waals surface area contributed by atoms with Gasteiger partial charge in [0.05, 0.1) is 17.1 Å². The maximum atomic E-state index is 14.2. The molecule has 24 heteroatoms. The van der Waals surface area contributed by atoms with Crippen LogP contribution in [0.25, 0.3) is 83.7 Å². The van der Waals surface area contributed by atoms with Gasteiger partial charge in [0.2, 0.25) is 0 Å². The number of hydrogen-bond acceptors (Lipinski definition) is 15. The van der Waals surface area contributed by atoms with Crippen molar-refractivity contribution in [3.8, 4) is 68.1 Å². The highest BCUT2D eigenvalue weighted by atomic mass is 32.2. The maximum Gasteiger partial charge on any atom is 0.354 e. The third-order valence-electron chi connectivity index (χ3n) is 15.6. The molecular formula is C78H45F6N3O12S3. The summed E-state index contributed by atoms with van der Waals surface area (Å²) in [5.74, 6) is -4.68. The molecule has 0 bridgehead atoms. The average Bonchev–Trinajstić information content (AvgIpc) is 0.756. The summed E-state index contributed by atoms with van der Waals surface area (Å²) in [5, 5.41) is 32.2. The van der Waals surface area contributed by atoms with E-state index in [2.05, 4.69) is 0 Å². The molecule has 0 fully saturated rings. The summed E-state index contributed by atoms with van der Waals surface area (Å²) < 4.78 is 102. The lowest BCUT2D eigenvalue weighted by atomic mass is 10.1. The highest BCUT2D eigenvalue weighted by Gasteiger charge is 2.27. The number of pyridine rings is 3. The Morgan fingerprint density at radius 3 is 0.951 bits per heavy atom. The van der Waals surface area contributed by atoms with Gasteiger partial charge in [-0.2, -0.15) is 0 Å². The lowest BCUT2D eigenvalue weighted by Gasteiger charge is -2.15. The Balaban J connectivity index is 0.000000137. The number of benzene rings is 9. The third kappa shape index (κ3) is 14.0. The number of aromatic hydroxyl groups is 3. The molecule has 0 radical (unpaired) electrons. The van der Waals surface area contributed by atoms with Crippen LogP contribution in [0.5, 0.6) is 17.2 Å². The Morgan fingerprint density at radius 1 is 0.294 bits per heavy atom. The summed E-state index contributed by atoms with van der Waals surface area (Å²) in [5.41, 5.74) is -0.749.